The van der Waals surface area contributed by atoms with Gasteiger partial charge in [-0.15, -0.1) is 0 Å². The molecular formula is C10H14F3N3S. The molecule has 1 aliphatic rings. The standard InChI is InChI=1S/C10H14F3N3S/c1-2-7(5-6-3-4-6)14-9-15-8(16-17-9)10(11,12)13/h6-7H,2-5H2,1H3,(H,14,15,16). The second-order valence-electron chi connectivity index (χ2n) is 4.35. The average molecular weight is 265 g/mol. The van der Waals surface area contributed by atoms with E-state index in [1.807, 2.05) is 6.92 Å². The fourth-order valence-corrected chi connectivity index (χ4v) is 2.32. The molecule has 1 unspecified atom stereocenters. The van der Waals surface area contributed by atoms with Crippen LogP contribution < -0.4 is 5.32 Å². The van der Waals surface area contributed by atoms with E-state index in [0.717, 1.165) is 30.3 Å². The zero-order valence-electron chi connectivity index (χ0n) is 9.42. The van der Waals surface area contributed by atoms with Gasteiger partial charge in [0.15, 0.2) is 0 Å². The molecule has 1 aliphatic carbocycles. The summed E-state index contributed by atoms with van der Waals surface area (Å²) >= 11 is 0.775. The van der Waals surface area contributed by atoms with E-state index >= 15 is 0 Å². The maximum Gasteiger partial charge on any atom is 0.452 e. The van der Waals surface area contributed by atoms with Crippen LogP contribution in [-0.4, -0.2) is 15.4 Å². The summed E-state index contributed by atoms with van der Waals surface area (Å²) in [4.78, 5) is 3.47. The Labute approximate surface area is 102 Å². The van der Waals surface area contributed by atoms with Crippen molar-refractivity contribution in [3.05, 3.63) is 5.82 Å². The Morgan fingerprint density at radius 1 is 1.47 bits per heavy atom. The van der Waals surface area contributed by atoms with Gasteiger partial charge in [-0.25, -0.2) is 0 Å². The Morgan fingerprint density at radius 2 is 2.18 bits per heavy atom. The van der Waals surface area contributed by atoms with Crippen molar-refractivity contribution >= 4 is 16.7 Å². The molecule has 0 saturated heterocycles. The summed E-state index contributed by atoms with van der Waals surface area (Å²) in [5.74, 6) is -0.311. The van der Waals surface area contributed by atoms with E-state index < -0.39 is 12.0 Å². The lowest BCUT2D eigenvalue weighted by Gasteiger charge is -2.14. The SMILES string of the molecule is CCC(CC1CC1)Nc1nc(C(F)(F)F)ns1. The van der Waals surface area contributed by atoms with Crippen molar-refractivity contribution in [1.82, 2.24) is 9.36 Å². The smallest absolute Gasteiger partial charge is 0.358 e. The lowest BCUT2D eigenvalue weighted by molar-refractivity contribution is -0.144. The quantitative estimate of drug-likeness (QED) is 0.884. The predicted molar refractivity (Wildman–Crippen MR) is 60.0 cm³/mol. The van der Waals surface area contributed by atoms with Gasteiger partial charge in [0.05, 0.1) is 0 Å². The normalized spacial score (nSPS) is 18.1. The van der Waals surface area contributed by atoms with E-state index in [0.29, 0.717) is 0 Å². The summed E-state index contributed by atoms with van der Waals surface area (Å²) < 4.78 is 40.2. The van der Waals surface area contributed by atoms with Crippen molar-refractivity contribution in [1.29, 1.82) is 0 Å². The first-order valence-electron chi connectivity index (χ1n) is 5.66. The number of nitrogens with one attached hydrogen (secondary N) is 1. The fraction of sp³-hybridized carbons (Fsp3) is 0.800. The molecule has 1 heterocycles. The van der Waals surface area contributed by atoms with E-state index in [-0.39, 0.29) is 11.2 Å². The summed E-state index contributed by atoms with van der Waals surface area (Å²) in [6.45, 7) is 2.02. The lowest BCUT2D eigenvalue weighted by Crippen LogP contribution is -2.19. The first-order chi connectivity index (χ1) is 7.99. The maximum atomic E-state index is 12.3. The molecule has 0 aromatic carbocycles. The first-order valence-corrected chi connectivity index (χ1v) is 6.43. The molecule has 1 aromatic heterocycles. The van der Waals surface area contributed by atoms with E-state index in [4.69, 9.17) is 0 Å². The molecule has 1 fully saturated rings. The van der Waals surface area contributed by atoms with Gasteiger partial charge < -0.3 is 5.32 Å². The number of hydrogen-bond donors (Lipinski definition) is 1. The van der Waals surface area contributed by atoms with Crippen molar-refractivity contribution in [2.75, 3.05) is 5.32 Å². The van der Waals surface area contributed by atoms with Gasteiger partial charge in [-0.3, -0.25) is 0 Å². The number of rotatable bonds is 5. The second-order valence-corrected chi connectivity index (χ2v) is 5.10. The van der Waals surface area contributed by atoms with Crippen LogP contribution >= 0.6 is 11.5 Å². The molecule has 7 heteroatoms. The Hall–Kier alpha value is -0.850. The number of hydrogen-bond acceptors (Lipinski definition) is 4. The highest BCUT2D eigenvalue weighted by Gasteiger charge is 2.36. The Balaban J connectivity index is 1.94. The Kier molecular flexibility index (Phi) is 3.56. The van der Waals surface area contributed by atoms with Gasteiger partial charge in [0.25, 0.3) is 0 Å². The molecule has 1 atom stereocenters. The first kappa shape index (κ1) is 12.6. The number of halogens is 3. The summed E-state index contributed by atoms with van der Waals surface area (Å²) in [6, 6.07) is 0.205. The van der Waals surface area contributed by atoms with Crippen LogP contribution in [0.25, 0.3) is 0 Å². The molecule has 0 amide bonds. The molecule has 17 heavy (non-hydrogen) atoms. The Bertz CT molecular complexity index is 373. The van der Waals surface area contributed by atoms with Gasteiger partial charge in [-0.2, -0.15) is 22.5 Å². The molecule has 0 spiro atoms. The molecule has 0 radical (unpaired) electrons. The second kappa shape index (κ2) is 4.80. The third-order valence-corrected chi connectivity index (χ3v) is 3.46. The van der Waals surface area contributed by atoms with Gasteiger partial charge >= 0.3 is 6.18 Å². The minimum atomic E-state index is -4.45. The van der Waals surface area contributed by atoms with Crippen LogP contribution in [0.1, 0.15) is 38.4 Å². The fourth-order valence-electron chi connectivity index (χ4n) is 1.66. The van der Waals surface area contributed by atoms with Crippen LogP contribution in [0, 0.1) is 5.92 Å². The van der Waals surface area contributed by atoms with Crippen molar-refractivity contribution in [2.24, 2.45) is 5.92 Å². The van der Waals surface area contributed by atoms with Crippen LogP contribution in [0.4, 0.5) is 18.3 Å². The molecule has 2 rings (SSSR count). The van der Waals surface area contributed by atoms with Crippen molar-refractivity contribution in [3.63, 3.8) is 0 Å². The number of aromatic nitrogens is 2. The van der Waals surface area contributed by atoms with Crippen molar-refractivity contribution < 1.29 is 13.2 Å². The zero-order valence-corrected chi connectivity index (χ0v) is 10.2. The highest BCUT2D eigenvalue weighted by Crippen LogP contribution is 2.35. The van der Waals surface area contributed by atoms with Crippen LogP contribution in [0.15, 0.2) is 0 Å². The van der Waals surface area contributed by atoms with Crippen LogP contribution in [0.5, 0.6) is 0 Å². The summed E-state index contributed by atoms with van der Waals surface area (Å²) in [5.41, 5.74) is 0. The molecule has 0 aliphatic heterocycles. The highest BCUT2D eigenvalue weighted by atomic mass is 32.1. The molecule has 1 saturated carbocycles. The molecule has 1 N–H and O–H groups in total. The van der Waals surface area contributed by atoms with Gasteiger partial charge in [0.2, 0.25) is 11.0 Å². The van der Waals surface area contributed by atoms with Gasteiger partial charge in [0.1, 0.15) is 0 Å². The number of anilines is 1. The van der Waals surface area contributed by atoms with E-state index in [2.05, 4.69) is 14.7 Å². The predicted octanol–water partition coefficient (Wildman–Crippen LogP) is 3.55. The van der Waals surface area contributed by atoms with Gasteiger partial charge in [-0.05, 0) is 18.8 Å². The van der Waals surface area contributed by atoms with Crippen LogP contribution in [-0.2, 0) is 6.18 Å². The zero-order chi connectivity index (χ0) is 12.5. The third kappa shape index (κ3) is 3.55. The summed E-state index contributed by atoms with van der Waals surface area (Å²) in [5, 5.41) is 3.31. The lowest BCUT2D eigenvalue weighted by atomic mass is 10.1. The van der Waals surface area contributed by atoms with Crippen LogP contribution in [0.2, 0.25) is 0 Å². The third-order valence-electron chi connectivity index (χ3n) is 2.81. The van der Waals surface area contributed by atoms with E-state index in [1.165, 1.54) is 12.8 Å². The molecule has 0 bridgehead atoms. The number of alkyl halides is 3. The topological polar surface area (TPSA) is 37.8 Å². The number of nitrogens with zero attached hydrogens (tertiary/aromatic N) is 2. The van der Waals surface area contributed by atoms with Crippen molar-refractivity contribution in [3.8, 4) is 0 Å². The minimum Gasteiger partial charge on any atom is -0.358 e. The summed E-state index contributed by atoms with van der Waals surface area (Å²) in [7, 11) is 0. The van der Waals surface area contributed by atoms with E-state index in [9.17, 15) is 13.2 Å². The summed E-state index contributed by atoms with van der Waals surface area (Å²) in [6.07, 6.45) is -0.0757. The molecule has 96 valence electrons. The van der Waals surface area contributed by atoms with Gasteiger partial charge in [-0.1, -0.05) is 19.8 Å². The molecular weight excluding hydrogens is 251 g/mol. The Morgan fingerprint density at radius 3 is 2.65 bits per heavy atom. The highest BCUT2D eigenvalue weighted by molar-refractivity contribution is 7.09. The largest absolute Gasteiger partial charge is 0.452 e. The monoisotopic (exact) mass is 265 g/mol. The maximum absolute atomic E-state index is 12.3. The average Bonchev–Trinajstić information content (AvgIpc) is 2.91. The minimum absolute atomic E-state index is 0.205. The van der Waals surface area contributed by atoms with Gasteiger partial charge in [0, 0.05) is 17.6 Å². The molecule has 3 nitrogen and oxygen atoms in total. The van der Waals surface area contributed by atoms with E-state index in [1.54, 1.807) is 0 Å². The molecule has 1 aromatic rings. The van der Waals surface area contributed by atoms with Crippen molar-refractivity contribution in [2.45, 2.75) is 44.8 Å². The van der Waals surface area contributed by atoms with Crippen LogP contribution in [0.3, 0.4) is 0 Å².